The number of aliphatic hydroxyl groups excluding tert-OH is 7. The van der Waals surface area contributed by atoms with Gasteiger partial charge in [-0.25, -0.2) is 0 Å². The summed E-state index contributed by atoms with van der Waals surface area (Å²) in [6, 6.07) is 7.82. The van der Waals surface area contributed by atoms with Crippen LogP contribution in [0.2, 0.25) is 0 Å². The van der Waals surface area contributed by atoms with Crippen LogP contribution in [0.4, 0.5) is 0 Å². The highest BCUT2D eigenvalue weighted by Gasteiger charge is 2.51. The summed E-state index contributed by atoms with van der Waals surface area (Å²) >= 11 is 0. The molecule has 2 fully saturated rings. The Kier molecular flexibility index (Phi) is 7.78. The van der Waals surface area contributed by atoms with Gasteiger partial charge in [0.2, 0.25) is 6.29 Å². The fourth-order valence-corrected chi connectivity index (χ4v) is 4.31. The van der Waals surface area contributed by atoms with Crippen LogP contribution in [0, 0.1) is 0 Å². The molecule has 12 nitrogen and oxygen atoms in total. The third kappa shape index (κ3) is 4.95. The Balaban J connectivity index is 1.68. The molecule has 0 saturated carbocycles. The second-order valence-corrected chi connectivity index (χ2v) is 8.73. The molecule has 0 bridgehead atoms. The number of hydrogen-bond acceptors (Lipinski definition) is 12. The van der Waals surface area contributed by atoms with Gasteiger partial charge < -0.3 is 59.8 Å². The Bertz CT molecular complexity index is 1020. The lowest BCUT2D eigenvalue weighted by Gasteiger charge is -2.45. The van der Waals surface area contributed by atoms with Gasteiger partial charge >= 0.3 is 0 Å². The SMILES string of the molecule is C[C@@H]1O[C@@H](O[C@H]2[C@H](Oc3cc(CO)cc4cccc(O)c34)O[C@H](CO)[C@@H](O)[C@@H]2O)[C@H](O)[C@H](O)[C@H]1O. The molecule has 2 aromatic rings. The number of phenols is 1. The summed E-state index contributed by atoms with van der Waals surface area (Å²) in [5.41, 5.74) is 0.447. The summed E-state index contributed by atoms with van der Waals surface area (Å²) in [5.74, 6) is -0.0796. The van der Waals surface area contributed by atoms with Crippen LogP contribution in [0.15, 0.2) is 30.3 Å². The molecule has 2 aliphatic heterocycles. The van der Waals surface area contributed by atoms with Crippen molar-refractivity contribution in [1.29, 1.82) is 0 Å². The van der Waals surface area contributed by atoms with E-state index in [9.17, 15) is 40.9 Å². The first kappa shape index (κ1) is 26.0. The van der Waals surface area contributed by atoms with E-state index in [0.717, 1.165) is 0 Å². The van der Waals surface area contributed by atoms with Crippen molar-refractivity contribution in [3.8, 4) is 11.5 Å². The van der Waals surface area contributed by atoms with Gasteiger partial charge in [-0.1, -0.05) is 12.1 Å². The van der Waals surface area contributed by atoms with E-state index in [0.29, 0.717) is 10.9 Å². The molecule has 194 valence electrons. The van der Waals surface area contributed by atoms with Crippen LogP contribution in [0.5, 0.6) is 11.5 Å². The summed E-state index contributed by atoms with van der Waals surface area (Å²) in [6.07, 6.45) is -14.7. The Morgan fingerprint density at radius 3 is 2.29 bits per heavy atom. The van der Waals surface area contributed by atoms with Gasteiger partial charge in [-0.05, 0) is 36.1 Å². The molecular weight excluding hydrogens is 468 g/mol. The highest BCUT2D eigenvalue weighted by atomic mass is 16.8. The normalized spacial score (nSPS) is 37.9. The lowest BCUT2D eigenvalue weighted by Crippen LogP contribution is -2.64. The first-order valence-electron chi connectivity index (χ1n) is 11.2. The van der Waals surface area contributed by atoms with Crippen LogP contribution in [-0.4, -0.2) is 109 Å². The first-order chi connectivity index (χ1) is 16.7. The van der Waals surface area contributed by atoms with Crippen molar-refractivity contribution >= 4 is 10.8 Å². The van der Waals surface area contributed by atoms with E-state index in [4.69, 9.17) is 18.9 Å². The van der Waals surface area contributed by atoms with Crippen LogP contribution < -0.4 is 4.74 Å². The van der Waals surface area contributed by atoms with Crippen LogP contribution in [-0.2, 0) is 20.8 Å². The predicted octanol–water partition coefficient (Wildman–Crippen LogP) is -1.93. The van der Waals surface area contributed by atoms with Crippen molar-refractivity contribution in [2.24, 2.45) is 0 Å². The lowest BCUT2D eigenvalue weighted by molar-refractivity contribution is -0.354. The number of benzene rings is 2. The summed E-state index contributed by atoms with van der Waals surface area (Å²) in [5, 5.41) is 82.1. The number of phenolic OH excluding ortho intramolecular Hbond substituents is 1. The van der Waals surface area contributed by atoms with Gasteiger partial charge in [-0.15, -0.1) is 0 Å². The number of aliphatic hydroxyl groups is 7. The highest BCUT2D eigenvalue weighted by Crippen LogP contribution is 2.37. The molecule has 35 heavy (non-hydrogen) atoms. The third-order valence-corrected chi connectivity index (χ3v) is 6.33. The van der Waals surface area contributed by atoms with E-state index < -0.39 is 68.0 Å². The van der Waals surface area contributed by atoms with Crippen molar-refractivity contribution in [3.05, 3.63) is 35.9 Å². The maximum Gasteiger partial charge on any atom is 0.229 e. The maximum absolute atomic E-state index is 10.8. The molecule has 2 aromatic carbocycles. The van der Waals surface area contributed by atoms with Crippen molar-refractivity contribution in [3.63, 3.8) is 0 Å². The largest absolute Gasteiger partial charge is 0.507 e. The monoisotopic (exact) mass is 498 g/mol. The second kappa shape index (κ2) is 10.5. The zero-order chi connectivity index (χ0) is 25.4. The first-order valence-corrected chi connectivity index (χ1v) is 11.2. The van der Waals surface area contributed by atoms with E-state index >= 15 is 0 Å². The van der Waals surface area contributed by atoms with Crippen LogP contribution in [0.3, 0.4) is 0 Å². The number of ether oxygens (including phenoxy) is 4. The van der Waals surface area contributed by atoms with Crippen molar-refractivity contribution < 1.29 is 59.8 Å². The number of hydrogen-bond donors (Lipinski definition) is 8. The molecule has 0 aromatic heterocycles. The van der Waals surface area contributed by atoms with Crippen LogP contribution >= 0.6 is 0 Å². The standard InChI is InChI=1S/C23H30O12/c1-9-16(27)18(29)20(31)22(32-9)35-21-19(30)17(28)14(8-25)34-23(21)33-13-6-10(7-24)5-11-3-2-4-12(26)15(11)13/h2-6,9,14,16-31H,7-8H2,1H3/t9-,14+,16-,17+,18+,19-,20+,21+,22-,23+/m0/s1. The van der Waals surface area contributed by atoms with Crippen molar-refractivity contribution in [1.82, 2.24) is 0 Å². The number of aromatic hydroxyl groups is 1. The van der Waals surface area contributed by atoms with E-state index in [1.54, 1.807) is 18.2 Å². The fourth-order valence-electron chi connectivity index (χ4n) is 4.31. The minimum atomic E-state index is -1.70. The average Bonchev–Trinajstić information content (AvgIpc) is 2.85. The molecule has 12 heteroatoms. The average molecular weight is 498 g/mol. The second-order valence-electron chi connectivity index (χ2n) is 8.73. The zero-order valence-electron chi connectivity index (χ0n) is 18.8. The van der Waals surface area contributed by atoms with Gasteiger partial charge in [0.15, 0.2) is 12.4 Å². The molecule has 0 radical (unpaired) electrons. The van der Waals surface area contributed by atoms with Crippen LogP contribution in [0.1, 0.15) is 12.5 Å². The maximum atomic E-state index is 10.8. The zero-order valence-corrected chi connectivity index (χ0v) is 18.8. The summed E-state index contributed by atoms with van der Waals surface area (Å²) in [7, 11) is 0. The van der Waals surface area contributed by atoms with Crippen molar-refractivity contribution in [2.45, 2.75) is 74.9 Å². The van der Waals surface area contributed by atoms with Gasteiger partial charge in [0.25, 0.3) is 0 Å². The molecule has 0 aliphatic carbocycles. The highest BCUT2D eigenvalue weighted by molar-refractivity contribution is 5.94. The Labute approximate surface area is 200 Å². The Morgan fingerprint density at radius 1 is 0.857 bits per heavy atom. The van der Waals surface area contributed by atoms with E-state index in [-0.39, 0.29) is 23.5 Å². The van der Waals surface area contributed by atoms with Gasteiger partial charge in [0, 0.05) is 0 Å². The molecule has 2 heterocycles. The number of rotatable bonds is 6. The Hall–Kier alpha value is -2.10. The molecule has 2 aliphatic rings. The van der Waals surface area contributed by atoms with Gasteiger partial charge in [-0.2, -0.15) is 0 Å². The third-order valence-electron chi connectivity index (χ3n) is 6.33. The quantitative estimate of drug-likeness (QED) is 0.220. The smallest absolute Gasteiger partial charge is 0.229 e. The van der Waals surface area contributed by atoms with Gasteiger partial charge in [-0.3, -0.25) is 0 Å². The van der Waals surface area contributed by atoms with E-state index in [2.05, 4.69) is 0 Å². The Morgan fingerprint density at radius 2 is 1.60 bits per heavy atom. The molecule has 10 atom stereocenters. The predicted molar refractivity (Wildman–Crippen MR) is 117 cm³/mol. The molecular formula is C23H30O12. The summed E-state index contributed by atoms with van der Waals surface area (Å²) < 4.78 is 22.7. The topological polar surface area (TPSA) is 199 Å². The molecule has 2 saturated heterocycles. The van der Waals surface area contributed by atoms with Crippen LogP contribution in [0.25, 0.3) is 10.8 Å². The number of fused-ring (bicyclic) bond motifs is 1. The molecule has 8 N–H and O–H groups in total. The fraction of sp³-hybridized carbons (Fsp3) is 0.565. The van der Waals surface area contributed by atoms with Gasteiger partial charge in [0.05, 0.1) is 24.7 Å². The minimum Gasteiger partial charge on any atom is -0.507 e. The lowest BCUT2D eigenvalue weighted by atomic mass is 9.97. The summed E-state index contributed by atoms with van der Waals surface area (Å²) in [4.78, 5) is 0. The molecule has 4 rings (SSSR count). The minimum absolute atomic E-state index is 0.0532. The van der Waals surface area contributed by atoms with Crippen molar-refractivity contribution in [2.75, 3.05) is 6.61 Å². The van der Waals surface area contributed by atoms with Gasteiger partial charge in [0.1, 0.15) is 48.1 Å². The molecule has 0 unspecified atom stereocenters. The molecule has 0 spiro atoms. The molecule has 0 amide bonds. The summed E-state index contributed by atoms with van der Waals surface area (Å²) in [6.45, 7) is 0.441. The van der Waals surface area contributed by atoms with E-state index in [1.807, 2.05) is 0 Å². The van der Waals surface area contributed by atoms with E-state index in [1.165, 1.54) is 19.1 Å².